The van der Waals surface area contributed by atoms with Gasteiger partial charge >= 0.3 is 5.97 Å². The van der Waals surface area contributed by atoms with Crippen LogP contribution in [0.1, 0.15) is 48.4 Å². The molecule has 18 heavy (non-hydrogen) atoms. The van der Waals surface area contributed by atoms with Gasteiger partial charge in [0.25, 0.3) is 0 Å². The molecule has 0 fully saturated rings. The summed E-state index contributed by atoms with van der Waals surface area (Å²) in [7, 11) is 0. The van der Waals surface area contributed by atoms with E-state index in [2.05, 4.69) is 24.8 Å². The number of hydrogen-bond acceptors (Lipinski definition) is 3. The van der Waals surface area contributed by atoms with E-state index in [0.29, 0.717) is 0 Å². The molecular formula is C15H21NO2. The lowest BCUT2D eigenvalue weighted by atomic mass is 10.0. The SMILES string of the molecule is CCN(CC)CCc1ccc2c(c1)C(C)OC2=O. The van der Waals surface area contributed by atoms with Crippen LogP contribution in [-0.4, -0.2) is 30.5 Å². The quantitative estimate of drug-likeness (QED) is 0.749. The number of ether oxygens (including phenoxy) is 1. The highest BCUT2D eigenvalue weighted by Crippen LogP contribution is 2.30. The molecule has 0 radical (unpaired) electrons. The van der Waals surface area contributed by atoms with Crippen molar-refractivity contribution in [1.82, 2.24) is 4.90 Å². The highest BCUT2D eigenvalue weighted by atomic mass is 16.5. The predicted molar refractivity (Wildman–Crippen MR) is 71.8 cm³/mol. The highest BCUT2D eigenvalue weighted by Gasteiger charge is 2.27. The van der Waals surface area contributed by atoms with Gasteiger partial charge in [-0.3, -0.25) is 0 Å². The first kappa shape index (κ1) is 13.1. The summed E-state index contributed by atoms with van der Waals surface area (Å²) in [4.78, 5) is 13.9. The van der Waals surface area contributed by atoms with Gasteiger partial charge in [0.05, 0.1) is 5.56 Å². The monoisotopic (exact) mass is 247 g/mol. The van der Waals surface area contributed by atoms with Crippen molar-refractivity contribution in [3.05, 3.63) is 34.9 Å². The van der Waals surface area contributed by atoms with Crippen molar-refractivity contribution < 1.29 is 9.53 Å². The van der Waals surface area contributed by atoms with Crippen LogP contribution >= 0.6 is 0 Å². The van der Waals surface area contributed by atoms with E-state index >= 15 is 0 Å². The van der Waals surface area contributed by atoms with E-state index in [-0.39, 0.29) is 12.1 Å². The van der Waals surface area contributed by atoms with E-state index in [4.69, 9.17) is 4.74 Å². The molecule has 0 spiro atoms. The van der Waals surface area contributed by atoms with Gasteiger partial charge in [0.1, 0.15) is 6.10 Å². The fourth-order valence-corrected chi connectivity index (χ4v) is 2.40. The second-order valence-corrected chi connectivity index (χ2v) is 4.75. The molecule has 3 heteroatoms. The summed E-state index contributed by atoms with van der Waals surface area (Å²) in [6.45, 7) is 9.52. The smallest absolute Gasteiger partial charge is 0.339 e. The maximum Gasteiger partial charge on any atom is 0.339 e. The van der Waals surface area contributed by atoms with Crippen LogP contribution in [-0.2, 0) is 11.2 Å². The predicted octanol–water partition coefficient (Wildman–Crippen LogP) is 2.80. The van der Waals surface area contributed by atoms with E-state index in [1.807, 2.05) is 19.1 Å². The zero-order valence-electron chi connectivity index (χ0n) is 11.4. The number of rotatable bonds is 5. The summed E-state index contributed by atoms with van der Waals surface area (Å²) in [5, 5.41) is 0. The van der Waals surface area contributed by atoms with E-state index in [0.717, 1.165) is 37.2 Å². The average Bonchev–Trinajstić information content (AvgIpc) is 2.66. The molecule has 1 aliphatic rings. The topological polar surface area (TPSA) is 29.5 Å². The van der Waals surface area contributed by atoms with E-state index in [9.17, 15) is 4.79 Å². The Balaban J connectivity index is 2.08. The number of hydrogen-bond donors (Lipinski definition) is 0. The van der Waals surface area contributed by atoms with Crippen LogP contribution in [0.15, 0.2) is 18.2 Å². The van der Waals surface area contributed by atoms with Crippen molar-refractivity contribution in [1.29, 1.82) is 0 Å². The van der Waals surface area contributed by atoms with Crippen molar-refractivity contribution in [3.63, 3.8) is 0 Å². The van der Waals surface area contributed by atoms with Gasteiger partial charge in [-0.1, -0.05) is 26.0 Å². The van der Waals surface area contributed by atoms with Gasteiger partial charge in [-0.2, -0.15) is 0 Å². The summed E-state index contributed by atoms with van der Waals surface area (Å²) in [6, 6.07) is 6.06. The van der Waals surface area contributed by atoms with Crippen molar-refractivity contribution in [3.8, 4) is 0 Å². The molecule has 1 atom stereocenters. The van der Waals surface area contributed by atoms with Crippen LogP contribution in [0.5, 0.6) is 0 Å². The largest absolute Gasteiger partial charge is 0.454 e. The van der Waals surface area contributed by atoms with Gasteiger partial charge in [-0.05, 0) is 38.1 Å². The molecule has 0 N–H and O–H groups in total. The molecule has 0 saturated heterocycles. The summed E-state index contributed by atoms with van der Waals surface area (Å²) in [6.07, 6.45) is 0.927. The minimum Gasteiger partial charge on any atom is -0.454 e. The molecule has 0 saturated carbocycles. The Hall–Kier alpha value is -1.35. The van der Waals surface area contributed by atoms with Crippen LogP contribution in [0.4, 0.5) is 0 Å². The number of esters is 1. The molecular weight excluding hydrogens is 226 g/mol. The summed E-state index contributed by atoms with van der Waals surface area (Å²) < 4.78 is 5.21. The first-order chi connectivity index (χ1) is 8.65. The van der Waals surface area contributed by atoms with Gasteiger partial charge in [-0.15, -0.1) is 0 Å². The molecule has 1 unspecified atom stereocenters. The minimum atomic E-state index is -0.187. The summed E-state index contributed by atoms with van der Waals surface area (Å²) in [5.74, 6) is -0.187. The third kappa shape index (κ3) is 2.56. The molecule has 0 aliphatic carbocycles. The number of cyclic esters (lactones) is 1. The lowest BCUT2D eigenvalue weighted by molar-refractivity contribution is 0.0422. The Morgan fingerprint density at radius 2 is 2.00 bits per heavy atom. The van der Waals surface area contributed by atoms with Gasteiger partial charge < -0.3 is 9.64 Å². The Kier molecular flexibility index (Phi) is 4.02. The normalized spacial score (nSPS) is 18.0. The van der Waals surface area contributed by atoms with Crippen molar-refractivity contribution >= 4 is 5.97 Å². The molecule has 0 bridgehead atoms. The zero-order chi connectivity index (χ0) is 13.1. The van der Waals surface area contributed by atoms with Crippen LogP contribution < -0.4 is 0 Å². The second-order valence-electron chi connectivity index (χ2n) is 4.75. The third-order valence-electron chi connectivity index (χ3n) is 3.67. The molecule has 0 aromatic heterocycles. The number of fused-ring (bicyclic) bond motifs is 1. The van der Waals surface area contributed by atoms with E-state index in [1.54, 1.807) is 0 Å². The minimum absolute atomic E-state index is 0.0964. The fraction of sp³-hybridized carbons (Fsp3) is 0.533. The molecule has 1 aromatic carbocycles. The Labute approximate surface area is 109 Å². The standard InChI is InChI=1S/C15H21NO2/c1-4-16(5-2)9-8-12-6-7-13-14(10-12)11(3)18-15(13)17/h6-7,10-11H,4-5,8-9H2,1-3H3. The highest BCUT2D eigenvalue weighted by molar-refractivity contribution is 5.94. The number of benzene rings is 1. The van der Waals surface area contributed by atoms with Crippen LogP contribution in [0.2, 0.25) is 0 Å². The molecule has 0 amide bonds. The number of carbonyl (C=O) groups is 1. The lowest BCUT2D eigenvalue weighted by Crippen LogP contribution is -2.25. The number of carbonyl (C=O) groups excluding carboxylic acids is 1. The number of likely N-dealkylation sites (N-methyl/N-ethyl adjacent to an activating group) is 1. The number of nitrogens with zero attached hydrogens (tertiary/aromatic N) is 1. The first-order valence-electron chi connectivity index (χ1n) is 6.71. The first-order valence-corrected chi connectivity index (χ1v) is 6.71. The van der Waals surface area contributed by atoms with E-state index < -0.39 is 0 Å². The van der Waals surface area contributed by atoms with E-state index in [1.165, 1.54) is 5.56 Å². The van der Waals surface area contributed by atoms with Crippen molar-refractivity contribution in [2.24, 2.45) is 0 Å². The van der Waals surface area contributed by atoms with Crippen LogP contribution in [0.25, 0.3) is 0 Å². The molecule has 1 aromatic rings. The van der Waals surface area contributed by atoms with Crippen LogP contribution in [0, 0.1) is 0 Å². The third-order valence-corrected chi connectivity index (χ3v) is 3.67. The molecule has 3 nitrogen and oxygen atoms in total. The van der Waals surface area contributed by atoms with Gasteiger partial charge in [-0.25, -0.2) is 4.79 Å². The van der Waals surface area contributed by atoms with Gasteiger partial charge in [0.2, 0.25) is 0 Å². The lowest BCUT2D eigenvalue weighted by Gasteiger charge is -2.17. The van der Waals surface area contributed by atoms with Gasteiger partial charge in [0, 0.05) is 12.1 Å². The molecule has 1 aliphatic heterocycles. The molecule has 98 valence electrons. The summed E-state index contributed by atoms with van der Waals surface area (Å²) in [5.41, 5.74) is 3.05. The zero-order valence-corrected chi connectivity index (χ0v) is 11.4. The van der Waals surface area contributed by atoms with Gasteiger partial charge in [0.15, 0.2) is 0 Å². The Morgan fingerprint density at radius 1 is 1.28 bits per heavy atom. The molecule has 2 rings (SSSR count). The Bertz CT molecular complexity index is 438. The summed E-state index contributed by atoms with van der Waals surface area (Å²) >= 11 is 0. The average molecular weight is 247 g/mol. The van der Waals surface area contributed by atoms with Crippen LogP contribution in [0.3, 0.4) is 0 Å². The fourth-order valence-electron chi connectivity index (χ4n) is 2.40. The Morgan fingerprint density at radius 3 is 2.67 bits per heavy atom. The van der Waals surface area contributed by atoms with Crippen molar-refractivity contribution in [2.45, 2.75) is 33.3 Å². The maximum atomic E-state index is 11.5. The van der Waals surface area contributed by atoms with Crippen molar-refractivity contribution in [2.75, 3.05) is 19.6 Å². The second kappa shape index (κ2) is 5.53. The maximum absolute atomic E-state index is 11.5. The molecule has 1 heterocycles.